The zero-order valence-corrected chi connectivity index (χ0v) is 13.4. The third kappa shape index (κ3) is 4.90. The normalized spacial score (nSPS) is 11.9. The minimum atomic E-state index is -0.639. The summed E-state index contributed by atoms with van der Waals surface area (Å²) in [7, 11) is 0. The molecule has 2 amide bonds. The molecule has 0 bridgehead atoms. The number of anilines is 2. The molecule has 25 heavy (non-hydrogen) atoms. The number of nitrogens with two attached hydrogens (primary N) is 2. The van der Waals surface area contributed by atoms with Crippen LogP contribution in [0, 0.1) is 0 Å². The van der Waals surface area contributed by atoms with E-state index in [4.69, 9.17) is 11.5 Å². The Bertz CT molecular complexity index is 853. The van der Waals surface area contributed by atoms with Crippen LogP contribution in [0.2, 0.25) is 0 Å². The summed E-state index contributed by atoms with van der Waals surface area (Å²) in [6.07, 6.45) is 0. The molecule has 2 rings (SSSR count). The van der Waals surface area contributed by atoms with E-state index in [-0.39, 0.29) is 17.0 Å². The zero-order chi connectivity index (χ0) is 18.4. The van der Waals surface area contributed by atoms with E-state index >= 15 is 0 Å². The van der Waals surface area contributed by atoms with Gasteiger partial charge in [0.15, 0.2) is 5.70 Å². The number of nitrogens with zero attached hydrogens (tertiary/aromatic N) is 2. The number of aliphatic hydroxyl groups excluding tert-OH is 1. The summed E-state index contributed by atoms with van der Waals surface area (Å²) in [5.74, 6) is -1.55. The van der Waals surface area contributed by atoms with E-state index in [1.165, 1.54) is 19.1 Å². The minimum absolute atomic E-state index is 0.258. The average Bonchev–Trinajstić information content (AvgIpc) is 2.57. The van der Waals surface area contributed by atoms with Gasteiger partial charge in [0.2, 0.25) is 5.91 Å². The maximum atomic E-state index is 12.2. The number of nitrogen functional groups attached to an aromatic ring is 1. The highest BCUT2D eigenvalue weighted by atomic mass is 16.3. The molecular weight excluding hydrogens is 322 g/mol. The van der Waals surface area contributed by atoms with Gasteiger partial charge in [-0.15, -0.1) is 5.11 Å². The maximum Gasteiger partial charge on any atom is 0.279 e. The molecule has 2 aromatic carbocycles. The fourth-order valence-electron chi connectivity index (χ4n) is 1.87. The Morgan fingerprint density at radius 3 is 2.40 bits per heavy atom. The van der Waals surface area contributed by atoms with Crippen molar-refractivity contribution in [2.24, 2.45) is 16.0 Å². The number of hydrogen-bond acceptors (Lipinski definition) is 6. The average molecular weight is 339 g/mol. The first kappa shape index (κ1) is 17.7. The molecule has 2 aromatic rings. The van der Waals surface area contributed by atoms with Gasteiger partial charge >= 0.3 is 0 Å². The third-order valence-corrected chi connectivity index (χ3v) is 3.12. The van der Waals surface area contributed by atoms with Crippen molar-refractivity contribution in [1.29, 1.82) is 0 Å². The summed E-state index contributed by atoms with van der Waals surface area (Å²) >= 11 is 0. The summed E-state index contributed by atoms with van der Waals surface area (Å²) in [5, 5.41) is 19.9. The van der Waals surface area contributed by atoms with Crippen LogP contribution in [0.3, 0.4) is 0 Å². The van der Waals surface area contributed by atoms with Crippen molar-refractivity contribution >= 4 is 28.9 Å². The van der Waals surface area contributed by atoms with Gasteiger partial charge in [-0.25, -0.2) is 0 Å². The Labute approximate surface area is 143 Å². The van der Waals surface area contributed by atoms with Crippen LogP contribution in [0.15, 0.2) is 70.2 Å². The lowest BCUT2D eigenvalue weighted by molar-refractivity contribution is -0.113. The zero-order valence-electron chi connectivity index (χ0n) is 13.4. The highest BCUT2D eigenvalue weighted by Crippen LogP contribution is 2.18. The van der Waals surface area contributed by atoms with E-state index in [1.807, 2.05) is 0 Å². The monoisotopic (exact) mass is 339 g/mol. The first-order valence-corrected chi connectivity index (χ1v) is 7.25. The van der Waals surface area contributed by atoms with Crippen molar-refractivity contribution in [2.75, 3.05) is 11.1 Å². The van der Waals surface area contributed by atoms with E-state index in [1.54, 1.807) is 36.4 Å². The smallest absolute Gasteiger partial charge is 0.279 e. The second-order valence-electron chi connectivity index (χ2n) is 5.12. The fraction of sp³-hybridized carbons (Fsp3) is 0.0588. The van der Waals surface area contributed by atoms with Crippen LogP contribution < -0.4 is 16.8 Å². The van der Waals surface area contributed by atoms with Crippen molar-refractivity contribution in [3.8, 4) is 0 Å². The molecule has 0 saturated heterocycles. The second kappa shape index (κ2) is 7.73. The number of amides is 2. The van der Waals surface area contributed by atoms with Gasteiger partial charge in [0.25, 0.3) is 5.91 Å². The fourth-order valence-corrected chi connectivity index (χ4v) is 1.87. The number of primary amides is 1. The van der Waals surface area contributed by atoms with Gasteiger partial charge in [-0.1, -0.05) is 6.07 Å². The van der Waals surface area contributed by atoms with Crippen molar-refractivity contribution in [1.82, 2.24) is 0 Å². The minimum Gasteiger partial charge on any atom is -0.510 e. The Hall–Kier alpha value is -3.68. The quantitative estimate of drug-likeness (QED) is 0.287. The number of hydrogen-bond donors (Lipinski definition) is 4. The summed E-state index contributed by atoms with van der Waals surface area (Å²) in [5.41, 5.74) is 12.1. The Morgan fingerprint density at radius 1 is 1.12 bits per heavy atom. The molecule has 0 atom stereocenters. The number of azo groups is 1. The van der Waals surface area contributed by atoms with Crippen molar-refractivity contribution in [3.63, 3.8) is 0 Å². The third-order valence-electron chi connectivity index (χ3n) is 3.12. The standard InChI is InChI=1S/C17H17N5O3/c1-10(23)15(17(25)20-13-7-5-12(18)6-8-13)22-21-14-4-2-3-11(9-14)16(19)24/h2-9,23H,18H2,1H3,(H2,19,24)(H,20,25). The van der Waals surface area contributed by atoms with Gasteiger partial charge in [-0.05, 0) is 49.4 Å². The van der Waals surface area contributed by atoms with Crippen molar-refractivity contribution < 1.29 is 14.7 Å². The number of benzene rings is 2. The van der Waals surface area contributed by atoms with E-state index in [2.05, 4.69) is 15.5 Å². The summed E-state index contributed by atoms with van der Waals surface area (Å²) < 4.78 is 0. The number of aliphatic hydroxyl groups is 1. The topological polar surface area (TPSA) is 143 Å². The van der Waals surface area contributed by atoms with E-state index in [0.717, 1.165) is 0 Å². The number of rotatable bonds is 5. The first-order valence-electron chi connectivity index (χ1n) is 7.25. The highest BCUT2D eigenvalue weighted by Gasteiger charge is 2.13. The molecule has 0 aliphatic rings. The molecule has 0 aliphatic carbocycles. The Morgan fingerprint density at radius 2 is 1.80 bits per heavy atom. The van der Waals surface area contributed by atoms with Gasteiger partial charge < -0.3 is 21.9 Å². The van der Waals surface area contributed by atoms with Crippen LogP contribution in [-0.2, 0) is 4.79 Å². The largest absolute Gasteiger partial charge is 0.510 e. The lowest BCUT2D eigenvalue weighted by Gasteiger charge is -2.06. The summed E-state index contributed by atoms with van der Waals surface area (Å²) in [6, 6.07) is 12.6. The van der Waals surface area contributed by atoms with Gasteiger partial charge in [-0.3, -0.25) is 9.59 Å². The molecule has 0 saturated carbocycles. The summed E-state index contributed by atoms with van der Waals surface area (Å²) in [6.45, 7) is 1.32. The molecule has 0 aromatic heterocycles. The van der Waals surface area contributed by atoms with Gasteiger partial charge in [0.1, 0.15) is 5.76 Å². The van der Waals surface area contributed by atoms with Gasteiger partial charge in [-0.2, -0.15) is 5.11 Å². The van der Waals surface area contributed by atoms with Gasteiger partial charge in [0.05, 0.1) is 5.69 Å². The molecule has 0 fully saturated rings. The van der Waals surface area contributed by atoms with E-state index in [9.17, 15) is 14.7 Å². The molecule has 8 heteroatoms. The molecule has 0 spiro atoms. The Balaban J connectivity index is 2.19. The molecule has 128 valence electrons. The predicted molar refractivity (Wildman–Crippen MR) is 94.3 cm³/mol. The summed E-state index contributed by atoms with van der Waals surface area (Å²) in [4.78, 5) is 23.4. The first-order chi connectivity index (χ1) is 11.9. The highest BCUT2D eigenvalue weighted by molar-refractivity contribution is 6.03. The molecular formula is C17H17N5O3. The van der Waals surface area contributed by atoms with Crippen LogP contribution in [0.5, 0.6) is 0 Å². The molecule has 0 unspecified atom stereocenters. The Kier molecular flexibility index (Phi) is 5.47. The molecule has 8 nitrogen and oxygen atoms in total. The van der Waals surface area contributed by atoms with Crippen LogP contribution in [0.25, 0.3) is 0 Å². The van der Waals surface area contributed by atoms with E-state index < -0.39 is 11.8 Å². The maximum absolute atomic E-state index is 12.2. The SMILES string of the molecule is CC(O)=C(N=Nc1cccc(C(N)=O)c1)C(=O)Nc1ccc(N)cc1. The van der Waals surface area contributed by atoms with Crippen LogP contribution in [0.1, 0.15) is 17.3 Å². The van der Waals surface area contributed by atoms with Crippen LogP contribution >= 0.6 is 0 Å². The molecule has 0 radical (unpaired) electrons. The number of allylic oxidation sites excluding steroid dienone is 1. The van der Waals surface area contributed by atoms with Gasteiger partial charge in [0, 0.05) is 16.9 Å². The van der Waals surface area contributed by atoms with Crippen LogP contribution in [0.4, 0.5) is 17.1 Å². The van der Waals surface area contributed by atoms with E-state index in [0.29, 0.717) is 17.1 Å². The van der Waals surface area contributed by atoms with Crippen LogP contribution in [-0.4, -0.2) is 16.9 Å². The van der Waals surface area contributed by atoms with Crippen molar-refractivity contribution in [2.45, 2.75) is 6.92 Å². The molecule has 6 N–H and O–H groups in total. The lowest BCUT2D eigenvalue weighted by atomic mass is 10.2. The number of carbonyl (C=O) groups is 2. The predicted octanol–water partition coefficient (Wildman–Crippen LogP) is 2.88. The second-order valence-corrected chi connectivity index (χ2v) is 5.12. The lowest BCUT2D eigenvalue weighted by Crippen LogP contribution is -2.14. The van der Waals surface area contributed by atoms with Crippen molar-refractivity contribution in [3.05, 3.63) is 65.6 Å². The molecule has 0 heterocycles. The number of carbonyl (C=O) groups excluding carboxylic acids is 2. The number of nitrogens with one attached hydrogen (secondary N) is 1. The molecule has 0 aliphatic heterocycles.